The van der Waals surface area contributed by atoms with Gasteiger partial charge in [0.05, 0.1) is 11.5 Å². The van der Waals surface area contributed by atoms with Crippen LogP contribution in [0.1, 0.15) is 12.5 Å². The molecule has 2 aromatic rings. The molecule has 0 amide bonds. The highest BCUT2D eigenvalue weighted by molar-refractivity contribution is 7.99. The lowest BCUT2D eigenvalue weighted by molar-refractivity contribution is 0.110. The first-order chi connectivity index (χ1) is 12.5. The first-order valence-corrected chi connectivity index (χ1v) is 11.0. The number of hydrogen-bond acceptors (Lipinski definition) is 5. The molecule has 0 heterocycles. The van der Waals surface area contributed by atoms with Crippen molar-refractivity contribution in [2.45, 2.75) is 23.6 Å². The van der Waals surface area contributed by atoms with Crippen LogP contribution in [-0.4, -0.2) is 40.5 Å². The van der Waals surface area contributed by atoms with E-state index in [-0.39, 0.29) is 4.90 Å². The summed E-state index contributed by atoms with van der Waals surface area (Å²) < 4.78 is 37.9. The van der Waals surface area contributed by atoms with E-state index >= 15 is 0 Å². The third-order valence-electron chi connectivity index (χ3n) is 3.52. The van der Waals surface area contributed by atoms with Crippen LogP contribution in [0.4, 0.5) is 0 Å². The van der Waals surface area contributed by atoms with Gasteiger partial charge in [-0.05, 0) is 50.2 Å². The highest BCUT2D eigenvalue weighted by atomic mass is 32.2. The fourth-order valence-electron chi connectivity index (χ4n) is 2.14. The Hall–Kier alpha value is -1.54. The highest BCUT2D eigenvalue weighted by Gasteiger charge is 2.13. The molecule has 0 aliphatic carbocycles. The van der Waals surface area contributed by atoms with Gasteiger partial charge in [0.15, 0.2) is 0 Å². The average Bonchev–Trinajstić information content (AvgIpc) is 2.64. The molecular formula is C19H25NO4S2. The maximum atomic E-state index is 12.3. The molecule has 0 saturated heterocycles. The van der Waals surface area contributed by atoms with Crippen molar-refractivity contribution >= 4 is 21.8 Å². The van der Waals surface area contributed by atoms with Crippen LogP contribution in [0.2, 0.25) is 0 Å². The lowest BCUT2D eigenvalue weighted by atomic mass is 10.2. The summed E-state index contributed by atoms with van der Waals surface area (Å²) in [5, 5.41) is 0. The summed E-state index contributed by atoms with van der Waals surface area (Å²) >= 11 is 1.62. The zero-order valence-corrected chi connectivity index (χ0v) is 16.7. The van der Waals surface area contributed by atoms with Crippen LogP contribution < -0.4 is 9.46 Å². The third-order valence-corrected chi connectivity index (χ3v) is 6.01. The SMILES string of the molecule is CCOCCOc1ccc(S(=O)(=O)NCCSc2ccc(C)cc2)cc1. The van der Waals surface area contributed by atoms with E-state index in [0.29, 0.717) is 37.9 Å². The minimum absolute atomic E-state index is 0.231. The van der Waals surface area contributed by atoms with Crippen molar-refractivity contribution in [1.29, 1.82) is 0 Å². The Morgan fingerprint density at radius 3 is 2.35 bits per heavy atom. The van der Waals surface area contributed by atoms with Gasteiger partial charge in [-0.15, -0.1) is 11.8 Å². The molecule has 26 heavy (non-hydrogen) atoms. The summed E-state index contributed by atoms with van der Waals surface area (Å²) in [7, 11) is -3.51. The molecule has 2 aromatic carbocycles. The van der Waals surface area contributed by atoms with Gasteiger partial charge in [-0.1, -0.05) is 17.7 Å². The molecule has 0 aliphatic rings. The number of aryl methyl sites for hydroxylation is 1. The van der Waals surface area contributed by atoms with E-state index < -0.39 is 10.0 Å². The van der Waals surface area contributed by atoms with E-state index in [4.69, 9.17) is 9.47 Å². The van der Waals surface area contributed by atoms with E-state index in [0.717, 1.165) is 4.90 Å². The van der Waals surface area contributed by atoms with Crippen LogP contribution in [-0.2, 0) is 14.8 Å². The van der Waals surface area contributed by atoms with Crippen molar-refractivity contribution in [1.82, 2.24) is 4.72 Å². The maximum Gasteiger partial charge on any atom is 0.240 e. The fourth-order valence-corrected chi connectivity index (χ4v) is 4.07. The molecule has 2 rings (SSSR count). The van der Waals surface area contributed by atoms with E-state index in [1.165, 1.54) is 5.56 Å². The first kappa shape index (κ1) is 20.8. The molecule has 142 valence electrons. The largest absolute Gasteiger partial charge is 0.491 e. The van der Waals surface area contributed by atoms with Crippen molar-refractivity contribution in [3.63, 3.8) is 0 Å². The normalized spacial score (nSPS) is 11.5. The van der Waals surface area contributed by atoms with E-state index in [1.807, 2.05) is 38.1 Å². The number of hydrogen-bond donors (Lipinski definition) is 1. The summed E-state index contributed by atoms with van der Waals surface area (Å²) in [6, 6.07) is 14.6. The zero-order valence-electron chi connectivity index (χ0n) is 15.1. The Labute approximate surface area is 160 Å². The molecule has 0 unspecified atom stereocenters. The van der Waals surface area contributed by atoms with E-state index in [2.05, 4.69) is 4.72 Å². The number of thioether (sulfide) groups is 1. The molecule has 0 aromatic heterocycles. The quantitative estimate of drug-likeness (QED) is 0.466. The van der Waals surface area contributed by atoms with E-state index in [1.54, 1.807) is 36.0 Å². The average molecular weight is 396 g/mol. The molecule has 0 spiro atoms. The van der Waals surface area contributed by atoms with E-state index in [9.17, 15) is 8.42 Å². The summed E-state index contributed by atoms with van der Waals surface area (Å²) in [4.78, 5) is 1.36. The third kappa shape index (κ3) is 6.99. The van der Waals surface area contributed by atoms with Gasteiger partial charge in [0, 0.05) is 23.8 Å². The zero-order chi connectivity index (χ0) is 18.8. The smallest absolute Gasteiger partial charge is 0.240 e. The monoisotopic (exact) mass is 395 g/mol. The molecular weight excluding hydrogens is 370 g/mol. The minimum Gasteiger partial charge on any atom is -0.491 e. The van der Waals surface area contributed by atoms with Crippen molar-refractivity contribution in [2.75, 3.05) is 32.1 Å². The van der Waals surface area contributed by atoms with Crippen molar-refractivity contribution in [3.05, 3.63) is 54.1 Å². The number of ether oxygens (including phenoxy) is 2. The Bertz CT molecular complexity index is 759. The molecule has 0 bridgehead atoms. The Morgan fingerprint density at radius 2 is 1.69 bits per heavy atom. The van der Waals surface area contributed by atoms with Gasteiger partial charge in [0.25, 0.3) is 0 Å². The van der Waals surface area contributed by atoms with Gasteiger partial charge in [-0.25, -0.2) is 13.1 Å². The topological polar surface area (TPSA) is 64.6 Å². The second kappa shape index (κ2) is 10.6. The maximum absolute atomic E-state index is 12.3. The number of sulfonamides is 1. The first-order valence-electron chi connectivity index (χ1n) is 8.51. The Balaban J connectivity index is 1.78. The molecule has 1 N–H and O–H groups in total. The predicted molar refractivity (Wildman–Crippen MR) is 106 cm³/mol. The van der Waals surface area contributed by atoms with Gasteiger partial charge in [-0.2, -0.15) is 0 Å². The highest BCUT2D eigenvalue weighted by Crippen LogP contribution is 2.18. The van der Waals surface area contributed by atoms with Crippen LogP contribution in [0.15, 0.2) is 58.3 Å². The molecule has 0 aliphatic heterocycles. The van der Waals surface area contributed by atoms with Gasteiger partial charge in [0.1, 0.15) is 12.4 Å². The van der Waals surface area contributed by atoms with Crippen LogP contribution in [0, 0.1) is 6.92 Å². The van der Waals surface area contributed by atoms with Gasteiger partial charge >= 0.3 is 0 Å². The standard InChI is InChI=1S/C19H25NO4S2/c1-3-23-13-14-24-17-6-10-19(11-7-17)26(21,22)20-12-15-25-18-8-4-16(2)5-9-18/h4-11,20H,3,12-15H2,1-2H3. The minimum atomic E-state index is -3.51. The summed E-state index contributed by atoms with van der Waals surface area (Å²) in [5.41, 5.74) is 1.21. The number of nitrogens with one attached hydrogen (secondary N) is 1. The van der Waals surface area contributed by atoms with Gasteiger partial charge in [0.2, 0.25) is 10.0 Å². The van der Waals surface area contributed by atoms with Gasteiger partial charge < -0.3 is 9.47 Å². The molecule has 0 saturated carbocycles. The molecule has 7 heteroatoms. The van der Waals surface area contributed by atoms with Crippen LogP contribution in [0.3, 0.4) is 0 Å². The second-order valence-electron chi connectivity index (χ2n) is 5.58. The van der Waals surface area contributed by atoms with Crippen molar-refractivity contribution < 1.29 is 17.9 Å². The van der Waals surface area contributed by atoms with Crippen LogP contribution in [0.25, 0.3) is 0 Å². The summed E-state index contributed by atoms with van der Waals surface area (Å²) in [5.74, 6) is 1.29. The predicted octanol–water partition coefficient (Wildman–Crippen LogP) is 3.48. The van der Waals surface area contributed by atoms with Crippen molar-refractivity contribution in [3.8, 4) is 5.75 Å². The molecule has 0 fully saturated rings. The summed E-state index contributed by atoms with van der Waals surface area (Å²) in [6.45, 7) is 5.93. The number of rotatable bonds is 11. The summed E-state index contributed by atoms with van der Waals surface area (Å²) in [6.07, 6.45) is 0. The van der Waals surface area contributed by atoms with Crippen LogP contribution >= 0.6 is 11.8 Å². The molecule has 0 atom stereocenters. The molecule has 0 radical (unpaired) electrons. The fraction of sp³-hybridized carbons (Fsp3) is 0.368. The number of benzene rings is 2. The molecule has 5 nitrogen and oxygen atoms in total. The van der Waals surface area contributed by atoms with Crippen molar-refractivity contribution in [2.24, 2.45) is 0 Å². The Morgan fingerprint density at radius 1 is 1.00 bits per heavy atom. The van der Waals surface area contributed by atoms with Crippen LogP contribution in [0.5, 0.6) is 5.75 Å². The van der Waals surface area contributed by atoms with Gasteiger partial charge in [-0.3, -0.25) is 0 Å². The lowest BCUT2D eigenvalue weighted by Crippen LogP contribution is -2.26. The lowest BCUT2D eigenvalue weighted by Gasteiger charge is -2.09. The Kier molecular flexibility index (Phi) is 8.44. The second-order valence-corrected chi connectivity index (χ2v) is 8.51.